The number of aromatic nitrogens is 4. The number of hydrogen-bond acceptors (Lipinski definition) is 4. The van der Waals surface area contributed by atoms with Crippen LogP contribution < -0.4 is 5.56 Å². The summed E-state index contributed by atoms with van der Waals surface area (Å²) in [5.41, 5.74) is 1.33. The van der Waals surface area contributed by atoms with E-state index in [4.69, 9.17) is 4.52 Å². The van der Waals surface area contributed by atoms with Crippen LogP contribution in [0.3, 0.4) is 0 Å². The molecule has 0 amide bonds. The summed E-state index contributed by atoms with van der Waals surface area (Å²) in [6.07, 6.45) is 3.40. The van der Waals surface area contributed by atoms with Gasteiger partial charge in [-0.1, -0.05) is 19.0 Å². The standard InChI is InChI=1S/C13H14N4O2/c1-9(2)11-6-10(19-15-11)7-17-13(18)12-4-3-5-16(12)8-14-17/h3-6,8-9H,7H2,1-2H3. The van der Waals surface area contributed by atoms with Gasteiger partial charge < -0.3 is 8.92 Å². The van der Waals surface area contributed by atoms with E-state index in [9.17, 15) is 4.79 Å². The Morgan fingerprint density at radius 3 is 3.00 bits per heavy atom. The van der Waals surface area contributed by atoms with E-state index in [0.29, 0.717) is 23.7 Å². The van der Waals surface area contributed by atoms with Crippen LogP contribution >= 0.6 is 0 Å². The molecule has 6 heteroatoms. The predicted octanol–water partition coefficient (Wildman–Crippen LogP) is 1.66. The highest BCUT2D eigenvalue weighted by Gasteiger charge is 2.10. The molecule has 0 N–H and O–H groups in total. The Labute approximate surface area is 109 Å². The van der Waals surface area contributed by atoms with Gasteiger partial charge in [-0.25, -0.2) is 4.68 Å². The van der Waals surface area contributed by atoms with E-state index in [2.05, 4.69) is 10.3 Å². The summed E-state index contributed by atoms with van der Waals surface area (Å²) in [6.45, 7) is 4.37. The van der Waals surface area contributed by atoms with Crippen molar-refractivity contribution in [2.45, 2.75) is 26.3 Å². The minimum Gasteiger partial charge on any atom is -0.359 e. The zero-order valence-corrected chi connectivity index (χ0v) is 10.8. The van der Waals surface area contributed by atoms with Gasteiger partial charge in [-0.3, -0.25) is 4.79 Å². The molecule has 3 aromatic heterocycles. The predicted molar refractivity (Wildman–Crippen MR) is 69.1 cm³/mol. The third kappa shape index (κ3) is 2.05. The van der Waals surface area contributed by atoms with Gasteiger partial charge in [0.15, 0.2) is 5.76 Å². The molecule has 0 unspecified atom stereocenters. The first-order valence-electron chi connectivity index (χ1n) is 6.13. The van der Waals surface area contributed by atoms with E-state index in [1.807, 2.05) is 26.0 Å². The lowest BCUT2D eigenvalue weighted by atomic mass is 10.1. The maximum absolute atomic E-state index is 12.2. The minimum absolute atomic E-state index is 0.144. The highest BCUT2D eigenvalue weighted by Crippen LogP contribution is 2.14. The molecular formula is C13H14N4O2. The molecule has 0 aliphatic carbocycles. The Morgan fingerprint density at radius 2 is 2.26 bits per heavy atom. The molecule has 0 aliphatic rings. The molecule has 0 atom stereocenters. The van der Waals surface area contributed by atoms with Crippen LogP contribution in [0, 0.1) is 0 Å². The Kier molecular flexibility index (Phi) is 2.70. The van der Waals surface area contributed by atoms with E-state index < -0.39 is 0 Å². The van der Waals surface area contributed by atoms with E-state index in [1.165, 1.54) is 4.68 Å². The molecular weight excluding hydrogens is 244 g/mol. The number of nitrogens with zero attached hydrogens (tertiary/aromatic N) is 4. The van der Waals surface area contributed by atoms with Crippen molar-refractivity contribution in [1.29, 1.82) is 0 Å². The summed E-state index contributed by atoms with van der Waals surface area (Å²) in [5.74, 6) is 0.935. The van der Waals surface area contributed by atoms with Gasteiger partial charge in [-0.15, -0.1) is 0 Å². The highest BCUT2D eigenvalue weighted by molar-refractivity contribution is 5.44. The molecule has 3 rings (SSSR count). The Balaban J connectivity index is 1.96. The van der Waals surface area contributed by atoms with Crippen LogP contribution in [0.15, 0.2) is 40.0 Å². The average Bonchev–Trinajstić information content (AvgIpc) is 3.01. The molecule has 0 saturated carbocycles. The topological polar surface area (TPSA) is 65.3 Å². The summed E-state index contributed by atoms with van der Waals surface area (Å²) >= 11 is 0. The number of hydrogen-bond donors (Lipinski definition) is 0. The SMILES string of the molecule is CC(C)c1cc(Cn2ncn3cccc3c2=O)on1. The molecule has 98 valence electrons. The van der Waals surface area contributed by atoms with Crippen molar-refractivity contribution in [3.8, 4) is 0 Å². The van der Waals surface area contributed by atoms with Crippen LogP contribution in [0.2, 0.25) is 0 Å². The lowest BCUT2D eigenvalue weighted by Gasteiger charge is -2.01. The first-order chi connectivity index (χ1) is 9.15. The van der Waals surface area contributed by atoms with Crippen LogP contribution in [0.25, 0.3) is 5.52 Å². The normalized spacial score (nSPS) is 11.5. The molecule has 0 radical (unpaired) electrons. The smallest absolute Gasteiger partial charge is 0.291 e. The zero-order chi connectivity index (χ0) is 13.4. The van der Waals surface area contributed by atoms with Crippen molar-refractivity contribution >= 4 is 5.52 Å². The summed E-state index contributed by atoms with van der Waals surface area (Å²) in [5, 5.41) is 8.08. The maximum atomic E-state index is 12.2. The van der Waals surface area contributed by atoms with E-state index in [-0.39, 0.29) is 5.56 Å². The molecule has 0 saturated heterocycles. The number of fused-ring (bicyclic) bond motifs is 1. The fraction of sp³-hybridized carbons (Fsp3) is 0.308. The minimum atomic E-state index is -0.144. The third-order valence-corrected chi connectivity index (χ3v) is 3.02. The first-order valence-corrected chi connectivity index (χ1v) is 6.13. The molecule has 0 spiro atoms. The highest BCUT2D eigenvalue weighted by atomic mass is 16.5. The Bertz CT molecular complexity index is 766. The van der Waals surface area contributed by atoms with Crippen LogP contribution in [0.4, 0.5) is 0 Å². The fourth-order valence-corrected chi connectivity index (χ4v) is 1.91. The summed E-state index contributed by atoms with van der Waals surface area (Å²) in [4.78, 5) is 12.2. The first kappa shape index (κ1) is 11.7. The lowest BCUT2D eigenvalue weighted by Crippen LogP contribution is -2.24. The monoisotopic (exact) mass is 258 g/mol. The third-order valence-electron chi connectivity index (χ3n) is 3.02. The van der Waals surface area contributed by atoms with Crippen LogP contribution in [-0.2, 0) is 6.54 Å². The van der Waals surface area contributed by atoms with Crippen molar-refractivity contribution in [2.24, 2.45) is 0 Å². The van der Waals surface area contributed by atoms with Gasteiger partial charge in [-0.05, 0) is 18.1 Å². The quantitative estimate of drug-likeness (QED) is 0.716. The van der Waals surface area contributed by atoms with Crippen molar-refractivity contribution < 1.29 is 4.52 Å². The largest absolute Gasteiger partial charge is 0.359 e. The van der Waals surface area contributed by atoms with Crippen molar-refractivity contribution in [3.05, 3.63) is 52.5 Å². The molecule has 3 aromatic rings. The van der Waals surface area contributed by atoms with Gasteiger partial charge in [-0.2, -0.15) is 5.10 Å². The summed E-state index contributed by atoms with van der Waals surface area (Å²) in [7, 11) is 0. The second kappa shape index (κ2) is 4.38. The molecule has 0 aromatic carbocycles. The second-order valence-corrected chi connectivity index (χ2v) is 4.77. The van der Waals surface area contributed by atoms with Gasteiger partial charge >= 0.3 is 0 Å². The molecule has 0 aliphatic heterocycles. The zero-order valence-electron chi connectivity index (χ0n) is 10.8. The van der Waals surface area contributed by atoms with E-state index in [1.54, 1.807) is 23.0 Å². The molecule has 0 fully saturated rings. The fourth-order valence-electron chi connectivity index (χ4n) is 1.91. The van der Waals surface area contributed by atoms with Gasteiger partial charge in [0.25, 0.3) is 5.56 Å². The van der Waals surface area contributed by atoms with Crippen molar-refractivity contribution in [2.75, 3.05) is 0 Å². The van der Waals surface area contributed by atoms with E-state index >= 15 is 0 Å². The Hall–Kier alpha value is -2.37. The van der Waals surface area contributed by atoms with Gasteiger partial charge in [0.1, 0.15) is 18.4 Å². The second-order valence-electron chi connectivity index (χ2n) is 4.77. The lowest BCUT2D eigenvalue weighted by molar-refractivity contribution is 0.361. The van der Waals surface area contributed by atoms with Crippen molar-refractivity contribution in [3.63, 3.8) is 0 Å². The van der Waals surface area contributed by atoms with E-state index in [0.717, 1.165) is 5.69 Å². The van der Waals surface area contributed by atoms with Gasteiger partial charge in [0.05, 0.1) is 5.69 Å². The number of rotatable bonds is 3. The molecule has 6 nitrogen and oxygen atoms in total. The Morgan fingerprint density at radius 1 is 1.42 bits per heavy atom. The summed E-state index contributed by atoms with van der Waals surface area (Å²) in [6, 6.07) is 5.44. The average molecular weight is 258 g/mol. The molecule has 0 bridgehead atoms. The molecule has 19 heavy (non-hydrogen) atoms. The van der Waals surface area contributed by atoms with Gasteiger partial charge in [0.2, 0.25) is 0 Å². The summed E-state index contributed by atoms with van der Waals surface area (Å²) < 4.78 is 8.29. The van der Waals surface area contributed by atoms with Crippen LogP contribution in [0.5, 0.6) is 0 Å². The van der Waals surface area contributed by atoms with Gasteiger partial charge in [0, 0.05) is 12.3 Å². The van der Waals surface area contributed by atoms with Crippen LogP contribution in [0.1, 0.15) is 31.2 Å². The van der Waals surface area contributed by atoms with Crippen molar-refractivity contribution in [1.82, 2.24) is 19.3 Å². The maximum Gasteiger partial charge on any atom is 0.291 e. The molecule has 3 heterocycles. The van der Waals surface area contributed by atoms with Crippen LogP contribution in [-0.4, -0.2) is 19.3 Å².